The first-order valence-electron chi connectivity index (χ1n) is 4.72. The summed E-state index contributed by atoms with van der Waals surface area (Å²) >= 11 is 1.75. The van der Waals surface area contributed by atoms with Gasteiger partial charge in [-0.2, -0.15) is 0 Å². The molecule has 0 unspecified atom stereocenters. The molecule has 0 fully saturated rings. The molecule has 0 aliphatic rings. The normalized spacial score (nSPS) is 10.3. The van der Waals surface area contributed by atoms with Gasteiger partial charge in [0.2, 0.25) is 0 Å². The van der Waals surface area contributed by atoms with Crippen LogP contribution in [0.3, 0.4) is 0 Å². The summed E-state index contributed by atoms with van der Waals surface area (Å²) in [6.07, 6.45) is 4.15. The lowest BCUT2D eigenvalue weighted by molar-refractivity contribution is 0.414. The van der Waals surface area contributed by atoms with E-state index in [2.05, 4.69) is 24.4 Å². The van der Waals surface area contributed by atoms with Crippen molar-refractivity contribution in [3.63, 3.8) is 0 Å². The van der Waals surface area contributed by atoms with E-state index in [0.29, 0.717) is 0 Å². The highest BCUT2D eigenvalue weighted by Gasteiger charge is 1.98. The maximum atomic E-state index is 5.11. The van der Waals surface area contributed by atoms with Crippen LogP contribution in [0.1, 0.15) is 0 Å². The number of ether oxygens (including phenoxy) is 1. The third kappa shape index (κ3) is 2.57. The molecule has 0 saturated carbocycles. The predicted octanol–water partition coefficient (Wildman–Crippen LogP) is 3.18. The zero-order chi connectivity index (χ0) is 10.7. The fourth-order valence-corrected chi connectivity index (χ4v) is 2.21. The van der Waals surface area contributed by atoms with Crippen LogP contribution in [-0.2, 0) is 7.05 Å². The summed E-state index contributed by atoms with van der Waals surface area (Å²) in [4.78, 5) is 2.48. The molecule has 78 valence electrons. The van der Waals surface area contributed by atoms with Gasteiger partial charge in [-0.3, -0.25) is 0 Å². The van der Waals surface area contributed by atoms with E-state index in [9.17, 15) is 0 Å². The zero-order valence-electron chi connectivity index (χ0n) is 8.81. The Bertz CT molecular complexity index is 433. The molecule has 0 radical (unpaired) electrons. The second-order valence-electron chi connectivity index (χ2n) is 3.29. The molecular formula is C12H13NOS. The van der Waals surface area contributed by atoms with Gasteiger partial charge in [0.05, 0.1) is 7.11 Å². The molecule has 2 nitrogen and oxygen atoms in total. The molecule has 3 heteroatoms. The molecule has 1 aromatic heterocycles. The van der Waals surface area contributed by atoms with E-state index in [1.165, 1.54) is 9.79 Å². The third-order valence-electron chi connectivity index (χ3n) is 2.10. The van der Waals surface area contributed by atoms with Gasteiger partial charge in [-0.05, 0) is 30.3 Å². The van der Waals surface area contributed by atoms with Crippen molar-refractivity contribution in [3.05, 3.63) is 42.7 Å². The van der Waals surface area contributed by atoms with Gasteiger partial charge in [-0.15, -0.1) is 0 Å². The van der Waals surface area contributed by atoms with Gasteiger partial charge in [-0.25, -0.2) is 0 Å². The summed E-state index contributed by atoms with van der Waals surface area (Å²) in [6, 6.07) is 10.2. The second kappa shape index (κ2) is 4.45. The molecule has 0 amide bonds. The van der Waals surface area contributed by atoms with Gasteiger partial charge in [0.25, 0.3) is 0 Å². The number of hydrogen-bond donors (Lipinski definition) is 0. The van der Waals surface area contributed by atoms with Crippen molar-refractivity contribution in [1.82, 2.24) is 4.57 Å². The average molecular weight is 219 g/mol. The van der Waals surface area contributed by atoms with Crippen molar-refractivity contribution >= 4 is 11.8 Å². The quantitative estimate of drug-likeness (QED) is 0.787. The number of hydrogen-bond acceptors (Lipinski definition) is 2. The molecule has 0 saturated heterocycles. The Kier molecular flexibility index (Phi) is 3.02. The fraction of sp³-hybridized carbons (Fsp3) is 0.167. The maximum Gasteiger partial charge on any atom is 0.118 e. The van der Waals surface area contributed by atoms with Crippen LogP contribution in [0.4, 0.5) is 0 Å². The van der Waals surface area contributed by atoms with Crippen LogP contribution >= 0.6 is 11.8 Å². The highest BCUT2D eigenvalue weighted by molar-refractivity contribution is 7.99. The molecule has 2 aromatic rings. The largest absolute Gasteiger partial charge is 0.497 e. The van der Waals surface area contributed by atoms with Crippen molar-refractivity contribution in [2.45, 2.75) is 9.79 Å². The van der Waals surface area contributed by atoms with Crippen LogP contribution in [0.25, 0.3) is 0 Å². The number of aromatic nitrogens is 1. The van der Waals surface area contributed by atoms with Gasteiger partial charge >= 0.3 is 0 Å². The van der Waals surface area contributed by atoms with Crippen molar-refractivity contribution in [2.75, 3.05) is 7.11 Å². The lowest BCUT2D eigenvalue weighted by Gasteiger charge is -2.01. The monoisotopic (exact) mass is 219 g/mol. The van der Waals surface area contributed by atoms with Crippen LogP contribution < -0.4 is 4.74 Å². The van der Waals surface area contributed by atoms with Crippen LogP contribution in [0.5, 0.6) is 5.75 Å². The molecule has 0 bridgehead atoms. The van der Waals surface area contributed by atoms with E-state index in [4.69, 9.17) is 4.74 Å². The molecule has 0 N–H and O–H groups in total. The minimum Gasteiger partial charge on any atom is -0.497 e. The van der Waals surface area contributed by atoms with Crippen LogP contribution in [0, 0.1) is 0 Å². The number of aryl methyl sites for hydroxylation is 1. The van der Waals surface area contributed by atoms with E-state index in [1.807, 2.05) is 29.9 Å². The second-order valence-corrected chi connectivity index (χ2v) is 4.44. The van der Waals surface area contributed by atoms with Crippen molar-refractivity contribution in [1.29, 1.82) is 0 Å². The summed E-state index contributed by atoms with van der Waals surface area (Å²) in [7, 11) is 3.71. The Hall–Kier alpha value is -1.35. The molecule has 1 aromatic carbocycles. The highest BCUT2D eigenvalue weighted by Crippen LogP contribution is 2.28. The van der Waals surface area contributed by atoms with Crippen LogP contribution in [0.15, 0.2) is 52.5 Å². The van der Waals surface area contributed by atoms with E-state index in [1.54, 1.807) is 18.9 Å². The molecule has 1 heterocycles. The first-order chi connectivity index (χ1) is 7.28. The molecule has 0 atom stereocenters. The number of benzene rings is 1. The Labute approximate surface area is 93.9 Å². The van der Waals surface area contributed by atoms with Gasteiger partial charge in [0.15, 0.2) is 0 Å². The van der Waals surface area contributed by atoms with Crippen LogP contribution in [0.2, 0.25) is 0 Å². The minimum atomic E-state index is 0.896. The van der Waals surface area contributed by atoms with E-state index in [0.717, 1.165) is 5.75 Å². The number of nitrogens with zero attached hydrogens (tertiary/aromatic N) is 1. The van der Waals surface area contributed by atoms with Crippen LogP contribution in [-0.4, -0.2) is 11.7 Å². The summed E-state index contributed by atoms with van der Waals surface area (Å²) in [5.41, 5.74) is 0. The van der Waals surface area contributed by atoms with Gasteiger partial charge in [0, 0.05) is 29.2 Å². The van der Waals surface area contributed by atoms with Gasteiger partial charge < -0.3 is 9.30 Å². The first-order valence-corrected chi connectivity index (χ1v) is 5.53. The molecule has 0 aliphatic carbocycles. The van der Waals surface area contributed by atoms with E-state index >= 15 is 0 Å². The number of rotatable bonds is 3. The fourth-order valence-electron chi connectivity index (χ4n) is 1.32. The average Bonchev–Trinajstić information content (AvgIpc) is 2.65. The maximum absolute atomic E-state index is 5.11. The standard InChI is InChI=1S/C12H13NOS/c1-13-8-7-12(9-13)15-11-5-3-10(14-2)4-6-11/h3-9H,1-2H3. The first kappa shape index (κ1) is 10.2. The minimum absolute atomic E-state index is 0.896. The Balaban J connectivity index is 2.11. The smallest absolute Gasteiger partial charge is 0.118 e. The highest BCUT2D eigenvalue weighted by atomic mass is 32.2. The topological polar surface area (TPSA) is 14.2 Å². The van der Waals surface area contributed by atoms with Gasteiger partial charge in [-0.1, -0.05) is 11.8 Å². The molecular weight excluding hydrogens is 206 g/mol. The summed E-state index contributed by atoms with van der Waals surface area (Å²) in [6.45, 7) is 0. The predicted molar refractivity (Wildman–Crippen MR) is 62.5 cm³/mol. The molecule has 2 rings (SSSR count). The third-order valence-corrected chi connectivity index (χ3v) is 3.09. The summed E-state index contributed by atoms with van der Waals surface area (Å²) in [5, 5.41) is 0. The van der Waals surface area contributed by atoms with Crippen molar-refractivity contribution in [3.8, 4) is 5.75 Å². The molecule has 0 spiro atoms. The van der Waals surface area contributed by atoms with Gasteiger partial charge in [0.1, 0.15) is 5.75 Å². The van der Waals surface area contributed by atoms with E-state index in [-0.39, 0.29) is 0 Å². The lowest BCUT2D eigenvalue weighted by atomic mass is 10.3. The SMILES string of the molecule is COc1ccc(Sc2ccn(C)c2)cc1. The summed E-state index contributed by atoms with van der Waals surface area (Å²) in [5.74, 6) is 0.896. The summed E-state index contributed by atoms with van der Waals surface area (Å²) < 4.78 is 7.16. The molecule has 0 aliphatic heterocycles. The molecule has 15 heavy (non-hydrogen) atoms. The zero-order valence-corrected chi connectivity index (χ0v) is 9.62. The van der Waals surface area contributed by atoms with Crippen molar-refractivity contribution < 1.29 is 4.74 Å². The lowest BCUT2D eigenvalue weighted by Crippen LogP contribution is -1.81. The van der Waals surface area contributed by atoms with Crippen molar-refractivity contribution in [2.24, 2.45) is 7.05 Å². The Morgan fingerprint density at radius 3 is 2.33 bits per heavy atom. The number of methoxy groups -OCH3 is 1. The Morgan fingerprint density at radius 1 is 1.07 bits per heavy atom. The van der Waals surface area contributed by atoms with E-state index < -0.39 is 0 Å². The Morgan fingerprint density at radius 2 is 1.80 bits per heavy atom.